The lowest BCUT2D eigenvalue weighted by Gasteiger charge is -2.30. The van der Waals surface area contributed by atoms with Crippen molar-refractivity contribution in [2.24, 2.45) is 16.8 Å². The van der Waals surface area contributed by atoms with Crippen LogP contribution in [0, 0.1) is 5.92 Å². The summed E-state index contributed by atoms with van der Waals surface area (Å²) in [5.41, 5.74) is 8.36. The van der Waals surface area contributed by atoms with Gasteiger partial charge in [0.25, 0.3) is 5.91 Å². The molecule has 0 spiro atoms. The van der Waals surface area contributed by atoms with E-state index < -0.39 is 24.0 Å². The number of amides is 5. The monoisotopic (exact) mass is 494 g/mol. The summed E-state index contributed by atoms with van der Waals surface area (Å²) in [6, 6.07) is 15.8. The van der Waals surface area contributed by atoms with Gasteiger partial charge in [0.15, 0.2) is 0 Å². The van der Waals surface area contributed by atoms with Crippen LogP contribution in [0.5, 0.6) is 0 Å². The smallest absolute Gasteiger partial charge is 0.332 e. The third-order valence-electron chi connectivity index (χ3n) is 5.33. The average Bonchev–Trinajstić information content (AvgIpc) is 2.86. The minimum absolute atomic E-state index is 0.186. The summed E-state index contributed by atoms with van der Waals surface area (Å²) in [6.07, 6.45) is 1.87. The molecule has 5 amide bonds. The predicted molar refractivity (Wildman–Crippen MR) is 138 cm³/mol. The number of benzene rings is 2. The summed E-state index contributed by atoms with van der Waals surface area (Å²) < 4.78 is 0. The number of hydrogen-bond donors (Lipinski definition) is 4. The van der Waals surface area contributed by atoms with Gasteiger partial charge >= 0.3 is 6.03 Å². The fraction of sp³-hybridized carbons (Fsp3) is 0.346. The molecule has 2 atom stereocenters. The maximum Gasteiger partial charge on any atom is 0.332 e. The number of carbonyl (C=O) groups excluding carboxylic acids is 4. The van der Waals surface area contributed by atoms with Crippen molar-refractivity contribution in [2.45, 2.75) is 45.8 Å². The SMILES string of the molecule is CCC(/C=N\NC(N)=O)NC(=O)CN(Cc1ccccc1)C(=O)C(NC(=O)c1ccccc1)C(C)C. The zero-order valence-corrected chi connectivity index (χ0v) is 20.8. The van der Waals surface area contributed by atoms with Crippen LogP contribution in [0.25, 0.3) is 0 Å². The number of urea groups is 1. The zero-order chi connectivity index (χ0) is 26.5. The Morgan fingerprint density at radius 2 is 1.58 bits per heavy atom. The van der Waals surface area contributed by atoms with E-state index in [1.54, 1.807) is 30.3 Å². The highest BCUT2D eigenvalue weighted by Crippen LogP contribution is 2.12. The lowest BCUT2D eigenvalue weighted by molar-refractivity contribution is -0.139. The van der Waals surface area contributed by atoms with Gasteiger partial charge in [0.1, 0.15) is 6.04 Å². The molecule has 0 aliphatic rings. The first-order valence-corrected chi connectivity index (χ1v) is 11.8. The Balaban J connectivity index is 2.20. The second kappa shape index (κ2) is 14.2. The summed E-state index contributed by atoms with van der Waals surface area (Å²) in [6.45, 7) is 5.47. The van der Waals surface area contributed by atoms with Gasteiger partial charge < -0.3 is 21.3 Å². The molecule has 0 heterocycles. The van der Waals surface area contributed by atoms with E-state index in [0.717, 1.165) is 5.56 Å². The largest absolute Gasteiger partial charge is 0.350 e. The van der Waals surface area contributed by atoms with Crippen LogP contribution >= 0.6 is 0 Å². The lowest BCUT2D eigenvalue weighted by Crippen LogP contribution is -2.53. The number of hydrazone groups is 1. The van der Waals surface area contributed by atoms with Crippen LogP contribution in [0.2, 0.25) is 0 Å². The van der Waals surface area contributed by atoms with Crippen LogP contribution in [0.15, 0.2) is 65.8 Å². The molecule has 0 saturated carbocycles. The second-order valence-electron chi connectivity index (χ2n) is 8.58. The summed E-state index contributed by atoms with van der Waals surface area (Å²) >= 11 is 0. The zero-order valence-electron chi connectivity index (χ0n) is 20.8. The van der Waals surface area contributed by atoms with Crippen molar-refractivity contribution in [3.8, 4) is 0 Å². The highest BCUT2D eigenvalue weighted by Gasteiger charge is 2.30. The standard InChI is InChI=1S/C26H34N6O4/c1-4-21(15-28-31-26(27)36)29-22(33)17-32(16-19-11-7-5-8-12-19)25(35)23(18(2)3)30-24(34)20-13-9-6-10-14-20/h5-15,18,21,23H,4,16-17H2,1-3H3,(H,29,33)(H,30,34)(H3,27,31,36)/b28-15-. The number of nitrogens with two attached hydrogens (primary N) is 1. The molecule has 5 N–H and O–H groups in total. The van der Waals surface area contributed by atoms with Crippen LogP contribution in [0.4, 0.5) is 4.79 Å². The predicted octanol–water partition coefficient (Wildman–Crippen LogP) is 2.02. The molecule has 2 aromatic carbocycles. The first kappa shape index (κ1) is 28.0. The summed E-state index contributed by atoms with van der Waals surface area (Å²) in [5, 5.41) is 9.31. The lowest BCUT2D eigenvalue weighted by atomic mass is 10.0. The van der Waals surface area contributed by atoms with E-state index in [0.29, 0.717) is 12.0 Å². The average molecular weight is 495 g/mol. The highest BCUT2D eigenvalue weighted by atomic mass is 16.2. The summed E-state index contributed by atoms with van der Waals surface area (Å²) in [5.74, 6) is -1.36. The van der Waals surface area contributed by atoms with Crippen molar-refractivity contribution in [3.63, 3.8) is 0 Å². The third kappa shape index (κ3) is 9.21. The van der Waals surface area contributed by atoms with E-state index in [1.807, 2.05) is 51.1 Å². The fourth-order valence-corrected chi connectivity index (χ4v) is 3.40. The van der Waals surface area contributed by atoms with Crippen LogP contribution in [0.1, 0.15) is 43.1 Å². The molecular formula is C26H34N6O4. The highest BCUT2D eigenvalue weighted by molar-refractivity contribution is 5.98. The Morgan fingerprint density at radius 3 is 2.14 bits per heavy atom. The van der Waals surface area contributed by atoms with Crippen molar-refractivity contribution < 1.29 is 19.2 Å². The maximum absolute atomic E-state index is 13.6. The van der Waals surface area contributed by atoms with E-state index in [1.165, 1.54) is 11.1 Å². The summed E-state index contributed by atoms with van der Waals surface area (Å²) in [4.78, 5) is 51.5. The van der Waals surface area contributed by atoms with E-state index in [-0.39, 0.29) is 30.8 Å². The molecule has 0 saturated heterocycles. The van der Waals surface area contributed by atoms with E-state index >= 15 is 0 Å². The van der Waals surface area contributed by atoms with E-state index in [4.69, 9.17) is 5.73 Å². The number of carbonyl (C=O) groups is 4. The molecule has 0 aliphatic heterocycles. The van der Waals surface area contributed by atoms with Crippen LogP contribution in [-0.2, 0) is 16.1 Å². The van der Waals surface area contributed by atoms with Gasteiger partial charge in [0.2, 0.25) is 11.8 Å². The molecule has 0 bridgehead atoms. The molecule has 0 aliphatic carbocycles. The van der Waals surface area contributed by atoms with Crippen molar-refractivity contribution in [1.29, 1.82) is 0 Å². The number of hydrogen-bond acceptors (Lipinski definition) is 5. The van der Waals surface area contributed by atoms with Crippen molar-refractivity contribution in [2.75, 3.05) is 6.54 Å². The van der Waals surface area contributed by atoms with Gasteiger partial charge in [0.05, 0.1) is 12.6 Å². The Kier molecular flexibility index (Phi) is 11.1. The molecule has 2 rings (SSSR count). The van der Waals surface area contributed by atoms with Gasteiger partial charge in [-0.1, -0.05) is 69.3 Å². The quantitative estimate of drug-likeness (QED) is 0.264. The number of nitrogens with zero attached hydrogens (tertiary/aromatic N) is 2. The number of nitrogens with one attached hydrogen (secondary N) is 3. The van der Waals surface area contributed by atoms with Crippen LogP contribution in [0.3, 0.4) is 0 Å². The third-order valence-corrected chi connectivity index (χ3v) is 5.33. The topological polar surface area (TPSA) is 146 Å². The molecule has 10 heteroatoms. The van der Waals surface area contributed by atoms with Gasteiger partial charge in [-0.15, -0.1) is 0 Å². The Bertz CT molecular complexity index is 1040. The molecular weight excluding hydrogens is 460 g/mol. The second-order valence-corrected chi connectivity index (χ2v) is 8.58. The van der Waals surface area contributed by atoms with Crippen molar-refractivity contribution in [1.82, 2.24) is 21.0 Å². The van der Waals surface area contributed by atoms with E-state index in [9.17, 15) is 19.2 Å². The normalized spacial score (nSPS) is 12.6. The molecule has 2 aromatic rings. The van der Waals surface area contributed by atoms with E-state index in [2.05, 4.69) is 21.2 Å². The fourth-order valence-electron chi connectivity index (χ4n) is 3.40. The van der Waals surface area contributed by atoms with Crippen LogP contribution in [-0.4, -0.2) is 53.5 Å². The van der Waals surface area contributed by atoms with Crippen LogP contribution < -0.4 is 21.8 Å². The molecule has 192 valence electrons. The van der Waals surface area contributed by atoms with Crippen molar-refractivity contribution >= 4 is 30.0 Å². The van der Waals surface area contributed by atoms with Gasteiger partial charge in [0, 0.05) is 18.3 Å². The first-order chi connectivity index (χ1) is 17.2. The number of primary amides is 1. The Labute approximate surface area is 211 Å². The molecule has 2 unspecified atom stereocenters. The minimum atomic E-state index is -0.836. The first-order valence-electron chi connectivity index (χ1n) is 11.8. The van der Waals surface area contributed by atoms with Gasteiger partial charge in [-0.05, 0) is 30.0 Å². The molecule has 0 aromatic heterocycles. The minimum Gasteiger partial charge on any atom is -0.350 e. The Hall–Kier alpha value is -4.21. The van der Waals surface area contributed by atoms with Gasteiger partial charge in [-0.3, -0.25) is 14.4 Å². The molecule has 0 fully saturated rings. The number of rotatable bonds is 12. The molecule has 0 radical (unpaired) electrons. The maximum atomic E-state index is 13.6. The van der Waals surface area contributed by atoms with Gasteiger partial charge in [-0.25, -0.2) is 10.2 Å². The van der Waals surface area contributed by atoms with Gasteiger partial charge in [-0.2, -0.15) is 5.10 Å². The molecule has 36 heavy (non-hydrogen) atoms. The van der Waals surface area contributed by atoms with Crippen molar-refractivity contribution in [3.05, 3.63) is 71.8 Å². The molecule has 10 nitrogen and oxygen atoms in total. The summed E-state index contributed by atoms with van der Waals surface area (Å²) in [7, 11) is 0. The Morgan fingerprint density at radius 1 is 0.972 bits per heavy atom.